The maximum Gasteiger partial charge on any atom is 0.363 e. The minimum atomic E-state index is -0.778. The molecule has 0 aromatic heterocycles. The van der Waals surface area contributed by atoms with E-state index in [9.17, 15) is 19.2 Å². The molecule has 0 saturated carbocycles. The summed E-state index contributed by atoms with van der Waals surface area (Å²) in [5.41, 5.74) is 2.31. The Bertz CT molecular complexity index is 1070. The predicted molar refractivity (Wildman–Crippen MR) is 108 cm³/mol. The van der Waals surface area contributed by atoms with Gasteiger partial charge in [-0.05, 0) is 35.7 Å². The Hall–Kier alpha value is -3.52. The zero-order valence-electron chi connectivity index (χ0n) is 16.7. The van der Waals surface area contributed by atoms with Gasteiger partial charge in [0, 0.05) is 25.1 Å². The Balaban J connectivity index is 1.33. The summed E-state index contributed by atoms with van der Waals surface area (Å²) < 4.78 is 5.57. The minimum absolute atomic E-state index is 0.0285. The topological polar surface area (TPSA) is 93.2 Å². The lowest BCUT2D eigenvalue weighted by Crippen LogP contribution is -2.40. The number of benzene rings is 2. The largest absolute Gasteiger partial charge is 0.380 e. The Morgan fingerprint density at radius 1 is 1.00 bits per heavy atom. The van der Waals surface area contributed by atoms with Crippen molar-refractivity contribution in [1.29, 1.82) is 0 Å². The summed E-state index contributed by atoms with van der Waals surface area (Å²) in [7, 11) is 0. The van der Waals surface area contributed by atoms with Gasteiger partial charge in [-0.2, -0.15) is 0 Å². The molecule has 1 atom stereocenters. The molecule has 0 radical (unpaired) electrons. The van der Waals surface area contributed by atoms with Crippen molar-refractivity contribution in [3.05, 3.63) is 65.2 Å². The van der Waals surface area contributed by atoms with Crippen LogP contribution in [0.5, 0.6) is 0 Å². The molecule has 2 fully saturated rings. The van der Waals surface area contributed by atoms with Crippen LogP contribution in [0.4, 0.5) is 5.69 Å². The second kappa shape index (κ2) is 7.31. The van der Waals surface area contributed by atoms with Gasteiger partial charge < -0.3 is 14.5 Å². The van der Waals surface area contributed by atoms with Gasteiger partial charge in [-0.3, -0.25) is 14.4 Å². The van der Waals surface area contributed by atoms with E-state index in [2.05, 4.69) is 0 Å². The number of para-hydroxylation sites is 1. The summed E-state index contributed by atoms with van der Waals surface area (Å²) in [6, 6.07) is 14.4. The van der Waals surface area contributed by atoms with Gasteiger partial charge in [-0.15, -0.1) is 5.06 Å². The van der Waals surface area contributed by atoms with Crippen LogP contribution in [0.15, 0.2) is 48.5 Å². The highest BCUT2D eigenvalue weighted by molar-refractivity contribution is 6.08. The van der Waals surface area contributed by atoms with Crippen molar-refractivity contribution in [2.45, 2.75) is 31.2 Å². The normalized spacial score (nSPS) is 22.5. The first-order valence-electron chi connectivity index (χ1n) is 10.2. The van der Waals surface area contributed by atoms with Crippen molar-refractivity contribution in [3.8, 4) is 0 Å². The molecule has 2 saturated heterocycles. The number of hydrogen-bond acceptors (Lipinski definition) is 6. The lowest BCUT2D eigenvalue weighted by Gasteiger charge is -2.22. The zero-order chi connectivity index (χ0) is 21.6. The number of ether oxygens (including phenoxy) is 1. The molecule has 3 amide bonds. The molecule has 0 aliphatic carbocycles. The van der Waals surface area contributed by atoms with E-state index in [0.29, 0.717) is 31.2 Å². The van der Waals surface area contributed by atoms with Gasteiger partial charge in [-0.1, -0.05) is 30.3 Å². The fourth-order valence-corrected chi connectivity index (χ4v) is 4.42. The summed E-state index contributed by atoms with van der Waals surface area (Å²) in [6.45, 7) is 1.31. The van der Waals surface area contributed by atoms with Gasteiger partial charge in [0.25, 0.3) is 11.8 Å². The van der Waals surface area contributed by atoms with Crippen molar-refractivity contribution >= 4 is 29.4 Å². The van der Waals surface area contributed by atoms with Gasteiger partial charge in [-0.25, -0.2) is 4.79 Å². The molecule has 1 spiro atoms. The molecular weight excluding hydrogens is 400 g/mol. The van der Waals surface area contributed by atoms with Crippen LogP contribution >= 0.6 is 0 Å². The van der Waals surface area contributed by atoms with Crippen LogP contribution in [0, 0.1) is 0 Å². The lowest BCUT2D eigenvalue weighted by molar-refractivity contribution is -0.172. The highest BCUT2D eigenvalue weighted by Gasteiger charge is 2.52. The number of rotatable bonds is 4. The molecule has 158 valence electrons. The van der Waals surface area contributed by atoms with E-state index in [1.165, 1.54) is 0 Å². The molecule has 3 aliphatic heterocycles. The zero-order valence-corrected chi connectivity index (χ0v) is 16.7. The summed E-state index contributed by atoms with van der Waals surface area (Å²) in [4.78, 5) is 55.5. The Labute approximate surface area is 178 Å². The minimum Gasteiger partial charge on any atom is -0.380 e. The Morgan fingerprint density at radius 2 is 1.71 bits per heavy atom. The van der Waals surface area contributed by atoms with Gasteiger partial charge in [0.15, 0.2) is 0 Å². The molecule has 31 heavy (non-hydrogen) atoms. The first-order valence-corrected chi connectivity index (χ1v) is 10.2. The number of imide groups is 1. The molecule has 8 heteroatoms. The summed E-state index contributed by atoms with van der Waals surface area (Å²) in [6.07, 6.45) is 0.754. The number of hydroxylamine groups is 2. The summed E-state index contributed by atoms with van der Waals surface area (Å²) in [5.74, 6) is -1.79. The number of carbonyl (C=O) groups is 4. The van der Waals surface area contributed by atoms with Crippen molar-refractivity contribution < 1.29 is 28.8 Å². The first kappa shape index (κ1) is 19.4. The van der Waals surface area contributed by atoms with Gasteiger partial charge in [0.05, 0.1) is 18.7 Å². The SMILES string of the molecule is O=C(ON1C(=O)CCC1=O)c1ccc(CN2C(=O)C3(CCOC3)c3ccccc32)cc1. The van der Waals surface area contributed by atoms with Crippen molar-refractivity contribution in [1.82, 2.24) is 5.06 Å². The highest BCUT2D eigenvalue weighted by Crippen LogP contribution is 2.47. The maximum absolute atomic E-state index is 13.3. The summed E-state index contributed by atoms with van der Waals surface area (Å²) in [5, 5.41) is 0.527. The number of hydrogen-bond donors (Lipinski definition) is 0. The number of fused-ring (bicyclic) bond motifs is 2. The fourth-order valence-electron chi connectivity index (χ4n) is 4.42. The third kappa shape index (κ3) is 3.11. The average molecular weight is 420 g/mol. The third-order valence-electron chi connectivity index (χ3n) is 6.10. The number of anilines is 1. The molecule has 5 rings (SSSR count). The molecule has 1 unspecified atom stereocenters. The second-order valence-electron chi connectivity index (χ2n) is 7.95. The van der Waals surface area contributed by atoms with Gasteiger partial charge in [0.2, 0.25) is 5.91 Å². The van der Waals surface area contributed by atoms with Gasteiger partial charge in [0.1, 0.15) is 5.41 Å². The molecular formula is C23H20N2O6. The van der Waals surface area contributed by atoms with Crippen LogP contribution < -0.4 is 4.90 Å². The van der Waals surface area contributed by atoms with Crippen LogP contribution in [0.3, 0.4) is 0 Å². The number of carbonyl (C=O) groups excluding carboxylic acids is 4. The van der Waals surface area contributed by atoms with E-state index in [1.54, 1.807) is 29.2 Å². The Morgan fingerprint density at radius 3 is 2.39 bits per heavy atom. The standard InChI is InChI=1S/C23H20N2O6/c26-19-9-10-20(27)25(19)31-21(28)16-7-5-15(6-8-16)13-24-18-4-2-1-3-17(18)23(22(24)29)11-12-30-14-23/h1-8H,9-14H2. The highest BCUT2D eigenvalue weighted by atomic mass is 16.7. The smallest absolute Gasteiger partial charge is 0.363 e. The van der Waals surface area contributed by atoms with Crippen molar-refractivity contribution in [2.24, 2.45) is 0 Å². The van der Waals surface area contributed by atoms with E-state index < -0.39 is 23.2 Å². The predicted octanol–water partition coefficient (Wildman–Crippen LogP) is 2.11. The van der Waals surface area contributed by atoms with Crippen molar-refractivity contribution in [3.63, 3.8) is 0 Å². The molecule has 3 aliphatic rings. The van der Waals surface area contributed by atoms with Crippen LogP contribution in [-0.4, -0.2) is 42.0 Å². The van der Waals surface area contributed by atoms with E-state index >= 15 is 0 Å². The maximum atomic E-state index is 13.3. The molecule has 0 N–H and O–H groups in total. The van der Waals surface area contributed by atoms with E-state index in [-0.39, 0.29) is 24.3 Å². The van der Waals surface area contributed by atoms with Crippen LogP contribution in [0.25, 0.3) is 0 Å². The fraction of sp³-hybridized carbons (Fsp3) is 0.304. The molecule has 3 heterocycles. The molecule has 0 bridgehead atoms. The van der Waals surface area contributed by atoms with Crippen molar-refractivity contribution in [2.75, 3.05) is 18.1 Å². The van der Waals surface area contributed by atoms with E-state index in [1.807, 2.05) is 24.3 Å². The third-order valence-corrected chi connectivity index (χ3v) is 6.10. The van der Waals surface area contributed by atoms with Crippen LogP contribution in [0.2, 0.25) is 0 Å². The molecule has 8 nitrogen and oxygen atoms in total. The average Bonchev–Trinajstić information content (AvgIpc) is 3.46. The first-order chi connectivity index (χ1) is 15.0. The molecule has 2 aromatic carbocycles. The van der Waals surface area contributed by atoms with E-state index in [0.717, 1.165) is 16.8 Å². The second-order valence-corrected chi connectivity index (χ2v) is 7.95. The lowest BCUT2D eigenvalue weighted by atomic mass is 9.81. The Kier molecular flexibility index (Phi) is 4.59. The molecule has 2 aromatic rings. The van der Waals surface area contributed by atoms with Crippen LogP contribution in [-0.2, 0) is 35.9 Å². The van der Waals surface area contributed by atoms with Crippen LogP contribution in [0.1, 0.15) is 40.7 Å². The summed E-state index contributed by atoms with van der Waals surface area (Å²) >= 11 is 0. The number of nitrogens with zero attached hydrogens (tertiary/aromatic N) is 2. The number of amides is 3. The monoisotopic (exact) mass is 420 g/mol. The van der Waals surface area contributed by atoms with E-state index in [4.69, 9.17) is 9.57 Å². The quantitative estimate of drug-likeness (QED) is 0.704. The van der Waals surface area contributed by atoms with Gasteiger partial charge >= 0.3 is 5.97 Å².